The zero-order valence-corrected chi connectivity index (χ0v) is 7.64. The van der Waals surface area contributed by atoms with Crippen molar-refractivity contribution >= 4 is 5.97 Å². The standard InChI is InChI=1S/C9H10FNO4/c10-4-1-2-6(12)9(15)8(4)5(11)3-7(13)14/h1-2,5,12,15H,3,11H2,(H,13,14). The smallest absolute Gasteiger partial charge is 0.305 e. The predicted octanol–water partition coefficient (Wildman–Crippen LogP) is 0.711. The van der Waals surface area contributed by atoms with Crippen LogP contribution in [0.25, 0.3) is 0 Å². The van der Waals surface area contributed by atoms with Gasteiger partial charge in [0.15, 0.2) is 11.5 Å². The number of aromatic hydroxyl groups is 2. The molecule has 1 aromatic carbocycles. The van der Waals surface area contributed by atoms with Crippen molar-refractivity contribution in [1.82, 2.24) is 0 Å². The van der Waals surface area contributed by atoms with Crippen molar-refractivity contribution in [3.8, 4) is 11.5 Å². The maximum Gasteiger partial charge on any atom is 0.305 e. The van der Waals surface area contributed by atoms with Gasteiger partial charge < -0.3 is 21.1 Å². The van der Waals surface area contributed by atoms with Crippen LogP contribution in [0.4, 0.5) is 4.39 Å². The highest BCUT2D eigenvalue weighted by Crippen LogP contribution is 2.34. The summed E-state index contributed by atoms with van der Waals surface area (Å²) >= 11 is 0. The zero-order valence-electron chi connectivity index (χ0n) is 7.64. The molecule has 82 valence electrons. The van der Waals surface area contributed by atoms with E-state index < -0.39 is 41.3 Å². The molecule has 0 aliphatic heterocycles. The quantitative estimate of drug-likeness (QED) is 0.556. The van der Waals surface area contributed by atoms with Gasteiger partial charge in [0, 0.05) is 6.04 Å². The van der Waals surface area contributed by atoms with Gasteiger partial charge in [0.1, 0.15) is 5.82 Å². The molecule has 0 spiro atoms. The maximum absolute atomic E-state index is 13.2. The van der Waals surface area contributed by atoms with Crippen molar-refractivity contribution in [3.05, 3.63) is 23.5 Å². The Labute approximate surface area is 84.6 Å². The highest BCUT2D eigenvalue weighted by Gasteiger charge is 2.21. The van der Waals surface area contributed by atoms with Crippen molar-refractivity contribution in [2.45, 2.75) is 12.5 Å². The summed E-state index contributed by atoms with van der Waals surface area (Å²) in [6.07, 6.45) is -0.534. The summed E-state index contributed by atoms with van der Waals surface area (Å²) in [4.78, 5) is 10.3. The number of carboxylic acid groups (broad SMARTS) is 1. The van der Waals surface area contributed by atoms with E-state index in [2.05, 4.69) is 0 Å². The second kappa shape index (κ2) is 4.14. The molecule has 0 saturated heterocycles. The lowest BCUT2D eigenvalue weighted by Crippen LogP contribution is -2.16. The number of halogens is 1. The largest absolute Gasteiger partial charge is 0.504 e. The third-order valence-electron chi connectivity index (χ3n) is 1.91. The Hall–Kier alpha value is -1.82. The van der Waals surface area contributed by atoms with Gasteiger partial charge in [0.2, 0.25) is 0 Å². The molecular weight excluding hydrogens is 205 g/mol. The molecule has 5 nitrogen and oxygen atoms in total. The molecule has 6 heteroatoms. The molecule has 15 heavy (non-hydrogen) atoms. The van der Waals surface area contributed by atoms with Crippen LogP contribution in [0.1, 0.15) is 18.0 Å². The summed E-state index contributed by atoms with van der Waals surface area (Å²) < 4.78 is 13.2. The average Bonchev–Trinajstić information content (AvgIpc) is 2.11. The number of benzene rings is 1. The Morgan fingerprint density at radius 2 is 2.07 bits per heavy atom. The van der Waals surface area contributed by atoms with Crippen LogP contribution in [0, 0.1) is 5.82 Å². The number of hydrogen-bond acceptors (Lipinski definition) is 4. The summed E-state index contributed by atoms with van der Waals surface area (Å²) in [5.74, 6) is -3.32. The summed E-state index contributed by atoms with van der Waals surface area (Å²) in [7, 11) is 0. The van der Waals surface area contributed by atoms with Gasteiger partial charge in [0.25, 0.3) is 0 Å². The summed E-state index contributed by atoms with van der Waals surface area (Å²) in [6, 6.07) is 0.669. The zero-order chi connectivity index (χ0) is 11.6. The van der Waals surface area contributed by atoms with Crippen LogP contribution in [0.2, 0.25) is 0 Å². The fourth-order valence-corrected chi connectivity index (χ4v) is 1.21. The van der Waals surface area contributed by atoms with E-state index in [0.717, 1.165) is 12.1 Å². The van der Waals surface area contributed by atoms with Gasteiger partial charge in [-0.3, -0.25) is 4.79 Å². The first kappa shape index (κ1) is 11.3. The van der Waals surface area contributed by atoms with Crippen molar-refractivity contribution < 1.29 is 24.5 Å². The minimum Gasteiger partial charge on any atom is -0.504 e. The summed E-state index contributed by atoms with van der Waals surface area (Å²) in [5, 5.41) is 26.8. The molecule has 0 amide bonds. The van der Waals surface area contributed by atoms with Gasteiger partial charge >= 0.3 is 5.97 Å². The van der Waals surface area contributed by atoms with Crippen LogP contribution in [0.5, 0.6) is 11.5 Å². The molecule has 0 fully saturated rings. The molecule has 1 unspecified atom stereocenters. The molecule has 0 aromatic heterocycles. The SMILES string of the molecule is NC(CC(=O)O)c1c(F)ccc(O)c1O. The fraction of sp³-hybridized carbons (Fsp3) is 0.222. The molecule has 0 heterocycles. The van der Waals surface area contributed by atoms with E-state index in [4.69, 9.17) is 15.9 Å². The van der Waals surface area contributed by atoms with E-state index >= 15 is 0 Å². The molecule has 1 aromatic rings. The van der Waals surface area contributed by atoms with E-state index in [0.29, 0.717) is 0 Å². The van der Waals surface area contributed by atoms with E-state index in [1.54, 1.807) is 0 Å². The highest BCUT2D eigenvalue weighted by molar-refractivity contribution is 5.68. The number of phenolic OH excluding ortho intramolecular Hbond substituents is 2. The first-order valence-electron chi connectivity index (χ1n) is 4.11. The number of aliphatic carboxylic acids is 1. The van der Waals surface area contributed by atoms with E-state index in [1.165, 1.54) is 0 Å². The monoisotopic (exact) mass is 215 g/mol. The molecule has 0 aliphatic rings. The summed E-state index contributed by atoms with van der Waals surface area (Å²) in [6.45, 7) is 0. The fourth-order valence-electron chi connectivity index (χ4n) is 1.21. The van der Waals surface area contributed by atoms with Crippen LogP contribution in [0.3, 0.4) is 0 Å². The normalized spacial score (nSPS) is 12.4. The lowest BCUT2D eigenvalue weighted by atomic mass is 10.0. The predicted molar refractivity (Wildman–Crippen MR) is 48.9 cm³/mol. The lowest BCUT2D eigenvalue weighted by Gasteiger charge is -2.13. The van der Waals surface area contributed by atoms with Crippen molar-refractivity contribution in [3.63, 3.8) is 0 Å². The Kier molecular flexibility index (Phi) is 3.11. The molecule has 0 bridgehead atoms. The van der Waals surface area contributed by atoms with Crippen molar-refractivity contribution in [2.24, 2.45) is 5.73 Å². The van der Waals surface area contributed by atoms with Crippen molar-refractivity contribution in [1.29, 1.82) is 0 Å². The van der Waals surface area contributed by atoms with Gasteiger partial charge in [-0.15, -0.1) is 0 Å². The number of carbonyl (C=O) groups is 1. The Morgan fingerprint density at radius 1 is 1.47 bits per heavy atom. The molecule has 1 rings (SSSR count). The average molecular weight is 215 g/mol. The maximum atomic E-state index is 13.2. The first-order chi connectivity index (χ1) is 6.93. The van der Waals surface area contributed by atoms with Crippen LogP contribution in [0.15, 0.2) is 12.1 Å². The van der Waals surface area contributed by atoms with Crippen LogP contribution >= 0.6 is 0 Å². The second-order valence-corrected chi connectivity index (χ2v) is 3.03. The van der Waals surface area contributed by atoms with Crippen molar-refractivity contribution in [2.75, 3.05) is 0 Å². The van der Waals surface area contributed by atoms with Gasteiger partial charge in [-0.2, -0.15) is 0 Å². The topological polar surface area (TPSA) is 104 Å². The minimum atomic E-state index is -1.22. The number of carboxylic acids is 1. The van der Waals surface area contributed by atoms with Gasteiger partial charge in [-0.25, -0.2) is 4.39 Å². The van der Waals surface area contributed by atoms with Gasteiger partial charge in [-0.05, 0) is 12.1 Å². The van der Waals surface area contributed by atoms with Gasteiger partial charge in [-0.1, -0.05) is 0 Å². The van der Waals surface area contributed by atoms with E-state index in [1.807, 2.05) is 0 Å². The van der Waals surface area contributed by atoms with Crippen LogP contribution in [-0.4, -0.2) is 21.3 Å². The highest BCUT2D eigenvalue weighted by atomic mass is 19.1. The molecule has 0 aliphatic carbocycles. The Bertz CT molecular complexity index is 394. The lowest BCUT2D eigenvalue weighted by molar-refractivity contribution is -0.137. The third-order valence-corrected chi connectivity index (χ3v) is 1.91. The number of nitrogens with two attached hydrogens (primary N) is 1. The molecule has 1 atom stereocenters. The first-order valence-corrected chi connectivity index (χ1v) is 4.11. The van der Waals surface area contributed by atoms with E-state index in [9.17, 15) is 14.3 Å². The third kappa shape index (κ3) is 2.35. The Balaban J connectivity index is 3.12. The molecule has 5 N–H and O–H groups in total. The Morgan fingerprint density at radius 3 is 2.60 bits per heavy atom. The molecule has 0 saturated carbocycles. The minimum absolute atomic E-state index is 0.391. The van der Waals surface area contributed by atoms with Crippen LogP contribution in [-0.2, 0) is 4.79 Å². The number of phenols is 2. The van der Waals surface area contributed by atoms with Gasteiger partial charge in [0.05, 0.1) is 12.0 Å². The van der Waals surface area contributed by atoms with E-state index in [-0.39, 0.29) is 0 Å². The summed E-state index contributed by atoms with van der Waals surface area (Å²) in [5.41, 5.74) is 4.98. The second-order valence-electron chi connectivity index (χ2n) is 3.03. The number of hydrogen-bond donors (Lipinski definition) is 4. The molecular formula is C9H10FNO4. The number of rotatable bonds is 3. The molecule has 0 radical (unpaired) electrons. The van der Waals surface area contributed by atoms with Crippen LogP contribution < -0.4 is 5.73 Å².